The molecule has 0 spiro atoms. The Bertz CT molecular complexity index is 810. The van der Waals surface area contributed by atoms with Gasteiger partial charge in [0.05, 0.1) is 12.8 Å². The van der Waals surface area contributed by atoms with Crippen LogP contribution in [0.1, 0.15) is 5.56 Å². The van der Waals surface area contributed by atoms with Gasteiger partial charge in [-0.1, -0.05) is 12.1 Å². The summed E-state index contributed by atoms with van der Waals surface area (Å²) in [6.45, 7) is 0.167. The highest BCUT2D eigenvalue weighted by Gasteiger charge is 2.26. The third-order valence-electron chi connectivity index (χ3n) is 3.58. The number of rotatable bonds is 2. The van der Waals surface area contributed by atoms with Crippen molar-refractivity contribution in [3.05, 3.63) is 47.7 Å². The number of carbonyl (C=O) groups is 1. The Morgan fingerprint density at radius 3 is 2.57 bits per heavy atom. The quantitative estimate of drug-likeness (QED) is 0.864. The molecule has 0 unspecified atom stereocenters. The highest BCUT2D eigenvalue weighted by molar-refractivity contribution is 6.08. The lowest BCUT2D eigenvalue weighted by molar-refractivity contribution is -0.115. The molecule has 4 rings (SSSR count). The van der Waals surface area contributed by atoms with Crippen LogP contribution in [0.2, 0.25) is 0 Å². The largest absolute Gasteiger partial charge is 0.497 e. The van der Waals surface area contributed by atoms with E-state index < -0.39 is 0 Å². The van der Waals surface area contributed by atoms with Crippen molar-refractivity contribution in [1.82, 2.24) is 0 Å². The van der Waals surface area contributed by atoms with Gasteiger partial charge in [0.15, 0.2) is 23.0 Å². The Hall–Kier alpha value is -3.15. The van der Waals surface area contributed by atoms with E-state index in [9.17, 15) is 4.79 Å². The molecule has 0 aromatic heterocycles. The van der Waals surface area contributed by atoms with Gasteiger partial charge < -0.3 is 24.3 Å². The van der Waals surface area contributed by atoms with Gasteiger partial charge >= 0.3 is 0 Å². The van der Waals surface area contributed by atoms with E-state index in [4.69, 9.17) is 18.9 Å². The fourth-order valence-electron chi connectivity index (χ4n) is 2.40. The van der Waals surface area contributed by atoms with Crippen LogP contribution < -0.4 is 24.3 Å². The second kappa shape index (κ2) is 5.24. The summed E-state index contributed by atoms with van der Waals surface area (Å²) >= 11 is 0. The van der Waals surface area contributed by atoms with Gasteiger partial charge in [-0.2, -0.15) is 0 Å². The molecule has 2 aliphatic rings. The minimum atomic E-state index is -0.313. The SMILES string of the molecule is COc1ccc(C=C2Oc3cc4c(cc3NC2=O)OCO4)cc1. The molecule has 23 heavy (non-hydrogen) atoms. The van der Waals surface area contributed by atoms with Crippen molar-refractivity contribution in [3.63, 3.8) is 0 Å². The summed E-state index contributed by atoms with van der Waals surface area (Å²) in [7, 11) is 1.60. The summed E-state index contributed by atoms with van der Waals surface area (Å²) in [6.07, 6.45) is 1.67. The van der Waals surface area contributed by atoms with E-state index in [0.717, 1.165) is 11.3 Å². The maximum Gasteiger partial charge on any atom is 0.291 e. The molecule has 0 saturated carbocycles. The van der Waals surface area contributed by atoms with E-state index in [1.807, 2.05) is 24.3 Å². The predicted octanol–water partition coefficient (Wildman–Crippen LogP) is 2.80. The average molecular weight is 311 g/mol. The van der Waals surface area contributed by atoms with Crippen LogP contribution in [0.15, 0.2) is 42.2 Å². The average Bonchev–Trinajstić information content (AvgIpc) is 3.01. The van der Waals surface area contributed by atoms with Crippen molar-refractivity contribution in [2.75, 3.05) is 19.2 Å². The molecule has 0 aliphatic carbocycles. The first-order valence-corrected chi connectivity index (χ1v) is 7.01. The van der Waals surface area contributed by atoms with Crippen LogP contribution in [0, 0.1) is 0 Å². The van der Waals surface area contributed by atoms with Gasteiger partial charge in [0.2, 0.25) is 6.79 Å². The van der Waals surface area contributed by atoms with Crippen molar-refractivity contribution in [2.45, 2.75) is 0 Å². The Balaban J connectivity index is 1.65. The lowest BCUT2D eigenvalue weighted by Crippen LogP contribution is -2.23. The molecule has 1 N–H and O–H groups in total. The molecule has 2 aromatic carbocycles. The van der Waals surface area contributed by atoms with Crippen molar-refractivity contribution in [2.24, 2.45) is 0 Å². The van der Waals surface area contributed by atoms with Crippen molar-refractivity contribution in [3.8, 4) is 23.0 Å². The highest BCUT2D eigenvalue weighted by Crippen LogP contribution is 2.43. The zero-order valence-corrected chi connectivity index (χ0v) is 12.3. The molecule has 2 heterocycles. The van der Waals surface area contributed by atoms with E-state index in [0.29, 0.717) is 22.9 Å². The summed E-state index contributed by atoms with van der Waals surface area (Å²) in [5.41, 5.74) is 1.39. The highest BCUT2D eigenvalue weighted by atomic mass is 16.7. The zero-order chi connectivity index (χ0) is 15.8. The zero-order valence-electron chi connectivity index (χ0n) is 12.3. The number of anilines is 1. The minimum absolute atomic E-state index is 0.167. The van der Waals surface area contributed by atoms with Gasteiger partial charge in [-0.25, -0.2) is 0 Å². The summed E-state index contributed by atoms with van der Waals surface area (Å²) in [5.74, 6) is 2.36. The first-order valence-electron chi connectivity index (χ1n) is 7.01. The van der Waals surface area contributed by atoms with E-state index in [1.165, 1.54) is 0 Å². The number of carbonyl (C=O) groups excluding carboxylic acids is 1. The molecule has 2 aromatic rings. The van der Waals surface area contributed by atoms with Gasteiger partial charge in [-0.15, -0.1) is 0 Å². The number of hydrogen-bond acceptors (Lipinski definition) is 5. The maximum absolute atomic E-state index is 12.2. The van der Waals surface area contributed by atoms with Crippen LogP contribution in [0.5, 0.6) is 23.0 Å². The van der Waals surface area contributed by atoms with Crippen LogP contribution >= 0.6 is 0 Å². The van der Waals surface area contributed by atoms with Crippen molar-refractivity contribution in [1.29, 1.82) is 0 Å². The number of methoxy groups -OCH3 is 1. The number of benzene rings is 2. The fourth-order valence-corrected chi connectivity index (χ4v) is 2.40. The van der Waals surface area contributed by atoms with E-state index in [2.05, 4.69) is 5.32 Å². The van der Waals surface area contributed by atoms with Crippen LogP contribution in [0.25, 0.3) is 6.08 Å². The van der Waals surface area contributed by atoms with Crippen molar-refractivity contribution >= 4 is 17.7 Å². The maximum atomic E-state index is 12.2. The second-order valence-electron chi connectivity index (χ2n) is 5.04. The monoisotopic (exact) mass is 311 g/mol. The van der Waals surface area contributed by atoms with E-state index in [1.54, 1.807) is 25.3 Å². The third kappa shape index (κ3) is 2.44. The molecule has 0 atom stereocenters. The van der Waals surface area contributed by atoms with Gasteiger partial charge in [-0.3, -0.25) is 4.79 Å². The van der Waals surface area contributed by atoms with Gasteiger partial charge in [-0.05, 0) is 23.8 Å². The Labute approximate surface area is 132 Å². The lowest BCUT2D eigenvalue weighted by atomic mass is 10.1. The summed E-state index contributed by atoms with van der Waals surface area (Å²) in [4.78, 5) is 12.2. The summed E-state index contributed by atoms with van der Waals surface area (Å²) < 4.78 is 21.4. The molecule has 0 fully saturated rings. The first-order chi connectivity index (χ1) is 11.2. The number of hydrogen-bond donors (Lipinski definition) is 1. The molecule has 6 nitrogen and oxygen atoms in total. The molecule has 0 saturated heterocycles. The Morgan fingerprint density at radius 1 is 1.09 bits per heavy atom. The molecule has 1 amide bonds. The number of ether oxygens (including phenoxy) is 4. The topological polar surface area (TPSA) is 66.0 Å². The first kappa shape index (κ1) is 13.5. The lowest BCUT2D eigenvalue weighted by Gasteiger charge is -2.20. The summed E-state index contributed by atoms with van der Waals surface area (Å²) in [6, 6.07) is 10.7. The van der Waals surface area contributed by atoms with E-state index >= 15 is 0 Å². The van der Waals surface area contributed by atoms with Gasteiger partial charge in [0, 0.05) is 12.1 Å². The smallest absolute Gasteiger partial charge is 0.291 e. The standard InChI is InChI=1S/C17H13NO5/c1-20-11-4-2-10(3-5-11)6-16-17(19)18-12-7-14-15(22-9-21-14)8-13(12)23-16/h2-8H,9H2,1H3,(H,18,19). The molecule has 0 bridgehead atoms. The molecule has 6 heteroatoms. The molecule has 116 valence electrons. The van der Waals surface area contributed by atoms with Crippen LogP contribution in [0.4, 0.5) is 5.69 Å². The minimum Gasteiger partial charge on any atom is -0.497 e. The normalized spacial score (nSPS) is 16.6. The second-order valence-corrected chi connectivity index (χ2v) is 5.04. The van der Waals surface area contributed by atoms with Crippen LogP contribution in [0.3, 0.4) is 0 Å². The summed E-state index contributed by atoms with van der Waals surface area (Å²) in [5, 5.41) is 2.79. The third-order valence-corrected chi connectivity index (χ3v) is 3.58. The fraction of sp³-hybridized carbons (Fsp3) is 0.118. The van der Waals surface area contributed by atoms with Crippen molar-refractivity contribution < 1.29 is 23.7 Å². The molecular formula is C17H13NO5. The van der Waals surface area contributed by atoms with Gasteiger partial charge in [0.25, 0.3) is 5.91 Å². The number of fused-ring (bicyclic) bond motifs is 2. The number of nitrogens with one attached hydrogen (secondary N) is 1. The Kier molecular flexibility index (Phi) is 3.08. The predicted molar refractivity (Wildman–Crippen MR) is 82.8 cm³/mol. The molecular weight excluding hydrogens is 298 g/mol. The van der Waals surface area contributed by atoms with Crippen LogP contribution in [-0.2, 0) is 4.79 Å². The van der Waals surface area contributed by atoms with Gasteiger partial charge in [0.1, 0.15) is 5.75 Å². The number of amides is 1. The van der Waals surface area contributed by atoms with Crippen LogP contribution in [-0.4, -0.2) is 19.8 Å². The molecule has 0 radical (unpaired) electrons. The van der Waals surface area contributed by atoms with E-state index in [-0.39, 0.29) is 18.5 Å². The molecule has 2 aliphatic heterocycles. The Morgan fingerprint density at radius 2 is 1.83 bits per heavy atom.